The fourth-order valence-electron chi connectivity index (χ4n) is 2.74. The summed E-state index contributed by atoms with van der Waals surface area (Å²) in [5, 5.41) is 2.90. The molecule has 1 N–H and O–H groups in total. The summed E-state index contributed by atoms with van der Waals surface area (Å²) in [6.07, 6.45) is 4.49. The lowest BCUT2D eigenvalue weighted by Gasteiger charge is -2.24. The summed E-state index contributed by atoms with van der Waals surface area (Å²) in [5.74, 6) is 0.545. The molecule has 116 valence electrons. The first-order valence-corrected chi connectivity index (χ1v) is 7.35. The van der Waals surface area contributed by atoms with Crippen LogP contribution in [-0.2, 0) is 4.79 Å². The summed E-state index contributed by atoms with van der Waals surface area (Å²) >= 11 is 0. The second-order valence-corrected chi connectivity index (χ2v) is 5.38. The van der Waals surface area contributed by atoms with Crippen LogP contribution in [0.5, 0.6) is 0 Å². The van der Waals surface area contributed by atoms with Crippen LogP contribution in [0.4, 0.5) is 0 Å². The third kappa shape index (κ3) is 2.77. The second kappa shape index (κ2) is 6.09. The van der Waals surface area contributed by atoms with E-state index >= 15 is 0 Å². The Balaban J connectivity index is 1.67. The molecule has 0 unspecified atom stereocenters. The molecule has 2 aromatic heterocycles. The van der Waals surface area contributed by atoms with Gasteiger partial charge in [-0.15, -0.1) is 0 Å². The van der Waals surface area contributed by atoms with Crippen molar-refractivity contribution in [2.24, 2.45) is 0 Å². The van der Waals surface area contributed by atoms with Crippen molar-refractivity contribution in [3.63, 3.8) is 0 Å². The molecule has 0 saturated carbocycles. The highest BCUT2D eigenvalue weighted by Gasteiger charge is 2.36. The third-order valence-corrected chi connectivity index (χ3v) is 3.88. The molecule has 1 aliphatic rings. The number of hydrogen-bond donors (Lipinski definition) is 1. The van der Waals surface area contributed by atoms with E-state index in [-0.39, 0.29) is 23.6 Å². The molecule has 1 saturated heterocycles. The highest BCUT2D eigenvalue weighted by atomic mass is 16.3. The van der Waals surface area contributed by atoms with Gasteiger partial charge in [-0.25, -0.2) is 0 Å². The van der Waals surface area contributed by atoms with Gasteiger partial charge in [0.15, 0.2) is 5.76 Å². The number of hydrogen-bond acceptors (Lipinski definition) is 4. The van der Waals surface area contributed by atoms with Crippen molar-refractivity contribution in [1.82, 2.24) is 10.2 Å². The molecular weight excluding hydrogens is 284 g/mol. The van der Waals surface area contributed by atoms with E-state index in [1.165, 1.54) is 6.26 Å². The number of carbonyl (C=O) groups is 2. The summed E-state index contributed by atoms with van der Waals surface area (Å²) in [7, 11) is 0. The minimum atomic E-state index is -0.463. The molecule has 0 spiro atoms. The van der Waals surface area contributed by atoms with Gasteiger partial charge in [0.1, 0.15) is 11.8 Å². The van der Waals surface area contributed by atoms with E-state index in [0.717, 1.165) is 6.42 Å². The molecule has 6 heteroatoms. The molecule has 0 radical (unpaired) electrons. The largest absolute Gasteiger partial charge is 0.467 e. The normalized spacial score (nSPS) is 19.1. The first-order valence-electron chi connectivity index (χ1n) is 7.35. The Morgan fingerprint density at radius 2 is 2.05 bits per heavy atom. The van der Waals surface area contributed by atoms with E-state index in [9.17, 15) is 9.59 Å². The minimum Gasteiger partial charge on any atom is -0.467 e. The maximum Gasteiger partial charge on any atom is 0.290 e. The van der Waals surface area contributed by atoms with E-state index in [1.54, 1.807) is 29.4 Å². The molecule has 3 heterocycles. The van der Waals surface area contributed by atoms with Crippen LogP contribution >= 0.6 is 0 Å². The fraction of sp³-hybridized carbons (Fsp3) is 0.375. The summed E-state index contributed by atoms with van der Waals surface area (Å²) in [6, 6.07) is 6.17. The van der Waals surface area contributed by atoms with Gasteiger partial charge in [-0.3, -0.25) is 9.59 Å². The van der Waals surface area contributed by atoms with E-state index in [0.29, 0.717) is 18.7 Å². The zero-order valence-electron chi connectivity index (χ0n) is 12.3. The number of likely N-dealkylation sites (tertiary alicyclic amines) is 1. The van der Waals surface area contributed by atoms with Crippen LogP contribution in [-0.4, -0.2) is 29.3 Å². The summed E-state index contributed by atoms with van der Waals surface area (Å²) < 4.78 is 10.4. The van der Waals surface area contributed by atoms with Crippen LogP contribution in [0.25, 0.3) is 0 Å². The number of rotatable bonds is 4. The number of nitrogens with one attached hydrogen (secondary N) is 1. The Morgan fingerprint density at radius 1 is 1.27 bits per heavy atom. The van der Waals surface area contributed by atoms with Gasteiger partial charge in [-0.05, 0) is 44.0 Å². The van der Waals surface area contributed by atoms with E-state index < -0.39 is 6.04 Å². The van der Waals surface area contributed by atoms with E-state index in [2.05, 4.69) is 5.32 Å². The summed E-state index contributed by atoms with van der Waals surface area (Å²) in [4.78, 5) is 26.4. The smallest absolute Gasteiger partial charge is 0.290 e. The third-order valence-electron chi connectivity index (χ3n) is 3.88. The lowest BCUT2D eigenvalue weighted by molar-refractivity contribution is -0.125. The molecule has 2 amide bonds. The van der Waals surface area contributed by atoms with Crippen LogP contribution in [0.3, 0.4) is 0 Å². The minimum absolute atomic E-state index is 0.165. The van der Waals surface area contributed by atoms with Gasteiger partial charge in [-0.1, -0.05) is 0 Å². The topological polar surface area (TPSA) is 75.7 Å². The SMILES string of the molecule is C[C@@H](NC(=O)[C@H]1CCCN1C(=O)c1ccco1)c1ccco1. The zero-order valence-corrected chi connectivity index (χ0v) is 12.3. The van der Waals surface area contributed by atoms with Gasteiger partial charge >= 0.3 is 0 Å². The number of amides is 2. The summed E-state index contributed by atoms with van der Waals surface area (Å²) in [5.41, 5.74) is 0. The lowest BCUT2D eigenvalue weighted by atomic mass is 10.1. The van der Waals surface area contributed by atoms with Crippen LogP contribution in [0, 0.1) is 0 Å². The van der Waals surface area contributed by atoms with Gasteiger partial charge in [0.25, 0.3) is 5.91 Å². The monoisotopic (exact) mass is 302 g/mol. The van der Waals surface area contributed by atoms with Crippen molar-refractivity contribution in [2.45, 2.75) is 31.8 Å². The van der Waals surface area contributed by atoms with Crippen LogP contribution in [0.15, 0.2) is 45.6 Å². The first-order chi connectivity index (χ1) is 10.7. The fourth-order valence-corrected chi connectivity index (χ4v) is 2.74. The highest BCUT2D eigenvalue weighted by Crippen LogP contribution is 2.22. The molecule has 3 rings (SSSR count). The Kier molecular flexibility index (Phi) is 4.00. The maximum atomic E-state index is 12.5. The molecule has 2 aromatic rings. The Hall–Kier alpha value is -2.50. The number of nitrogens with zero attached hydrogens (tertiary/aromatic N) is 1. The Bertz CT molecular complexity index is 633. The van der Waals surface area contributed by atoms with Crippen molar-refractivity contribution < 1.29 is 18.4 Å². The van der Waals surface area contributed by atoms with Crippen molar-refractivity contribution in [2.75, 3.05) is 6.54 Å². The Labute approximate surface area is 128 Å². The van der Waals surface area contributed by atoms with Crippen LogP contribution in [0.1, 0.15) is 42.1 Å². The highest BCUT2D eigenvalue weighted by molar-refractivity contribution is 5.96. The number of carbonyl (C=O) groups excluding carboxylic acids is 2. The standard InChI is InChI=1S/C16H18N2O4/c1-11(13-6-3-9-21-13)17-15(19)12-5-2-8-18(12)16(20)14-7-4-10-22-14/h3-4,6-7,9-12H,2,5,8H2,1H3,(H,17,19)/t11-,12-/m1/s1. The molecule has 2 atom stereocenters. The van der Waals surface area contributed by atoms with Gasteiger partial charge in [-0.2, -0.15) is 0 Å². The van der Waals surface area contributed by atoms with Crippen LogP contribution in [0.2, 0.25) is 0 Å². The van der Waals surface area contributed by atoms with Crippen molar-refractivity contribution in [3.8, 4) is 0 Å². The van der Waals surface area contributed by atoms with E-state index in [1.807, 2.05) is 13.0 Å². The van der Waals surface area contributed by atoms with Gasteiger partial charge in [0, 0.05) is 6.54 Å². The quantitative estimate of drug-likeness (QED) is 0.940. The molecule has 0 aliphatic carbocycles. The predicted molar refractivity (Wildman–Crippen MR) is 78.0 cm³/mol. The second-order valence-electron chi connectivity index (χ2n) is 5.38. The molecule has 6 nitrogen and oxygen atoms in total. The van der Waals surface area contributed by atoms with Gasteiger partial charge in [0.2, 0.25) is 5.91 Å². The zero-order chi connectivity index (χ0) is 15.5. The van der Waals surface area contributed by atoms with Crippen molar-refractivity contribution >= 4 is 11.8 Å². The Morgan fingerprint density at radius 3 is 2.73 bits per heavy atom. The molecular formula is C16H18N2O4. The molecule has 0 aromatic carbocycles. The van der Waals surface area contributed by atoms with Crippen molar-refractivity contribution in [1.29, 1.82) is 0 Å². The number of furan rings is 2. The molecule has 22 heavy (non-hydrogen) atoms. The average molecular weight is 302 g/mol. The molecule has 1 aliphatic heterocycles. The molecule has 1 fully saturated rings. The predicted octanol–water partition coefficient (Wildman–Crippen LogP) is 2.35. The van der Waals surface area contributed by atoms with Crippen LogP contribution < -0.4 is 5.32 Å². The van der Waals surface area contributed by atoms with Gasteiger partial charge < -0.3 is 19.1 Å². The first kappa shape index (κ1) is 14.4. The van der Waals surface area contributed by atoms with E-state index in [4.69, 9.17) is 8.83 Å². The maximum absolute atomic E-state index is 12.5. The lowest BCUT2D eigenvalue weighted by Crippen LogP contribution is -2.46. The average Bonchev–Trinajstić information content (AvgIpc) is 3.27. The van der Waals surface area contributed by atoms with Crippen molar-refractivity contribution in [3.05, 3.63) is 48.3 Å². The summed E-state index contributed by atoms with van der Waals surface area (Å²) in [6.45, 7) is 2.41. The van der Waals surface area contributed by atoms with Gasteiger partial charge in [0.05, 0.1) is 18.6 Å². The molecule has 0 bridgehead atoms.